The summed E-state index contributed by atoms with van der Waals surface area (Å²) in [4.78, 5) is 0. The lowest BCUT2D eigenvalue weighted by atomic mass is 10.3. The van der Waals surface area contributed by atoms with Crippen LogP contribution >= 0.6 is 12.2 Å². The summed E-state index contributed by atoms with van der Waals surface area (Å²) in [6, 6.07) is 17.7. The van der Waals surface area contributed by atoms with Gasteiger partial charge in [-0.3, -0.25) is 4.57 Å². The standard InChI is InChI=1S/C16H15N3OS/c1-12-17-19(14-6-4-3-5-7-14)16(21)18(12)13-8-10-15(20-2)11-9-13/h3-11H,1-2H3. The van der Waals surface area contributed by atoms with Crippen molar-refractivity contribution in [3.8, 4) is 17.1 Å². The van der Waals surface area contributed by atoms with Crippen molar-refractivity contribution in [1.29, 1.82) is 0 Å². The fourth-order valence-corrected chi connectivity index (χ4v) is 2.62. The van der Waals surface area contributed by atoms with Gasteiger partial charge in [0.1, 0.15) is 11.6 Å². The Bertz CT molecular complexity index is 804. The van der Waals surface area contributed by atoms with Crippen molar-refractivity contribution in [2.45, 2.75) is 6.92 Å². The number of para-hydroxylation sites is 1. The molecule has 0 fully saturated rings. The first-order valence-corrected chi connectivity index (χ1v) is 7.00. The molecule has 0 aliphatic heterocycles. The monoisotopic (exact) mass is 297 g/mol. The highest BCUT2D eigenvalue weighted by Gasteiger charge is 2.10. The number of aromatic nitrogens is 3. The summed E-state index contributed by atoms with van der Waals surface area (Å²) in [5.74, 6) is 1.66. The number of nitrogens with zero attached hydrogens (tertiary/aromatic N) is 3. The zero-order chi connectivity index (χ0) is 14.8. The van der Waals surface area contributed by atoms with Crippen LogP contribution in [0.1, 0.15) is 5.82 Å². The molecule has 5 heteroatoms. The molecule has 0 aliphatic rings. The Kier molecular flexibility index (Phi) is 3.58. The summed E-state index contributed by atoms with van der Waals surface area (Å²) in [5.41, 5.74) is 1.93. The molecule has 0 saturated carbocycles. The second-order valence-electron chi connectivity index (χ2n) is 4.61. The first-order valence-electron chi connectivity index (χ1n) is 6.59. The Morgan fingerprint density at radius 1 is 0.952 bits per heavy atom. The van der Waals surface area contributed by atoms with E-state index in [2.05, 4.69) is 5.10 Å². The van der Waals surface area contributed by atoms with Gasteiger partial charge in [-0.1, -0.05) is 18.2 Å². The number of ether oxygens (including phenoxy) is 1. The van der Waals surface area contributed by atoms with Gasteiger partial charge in [0.05, 0.1) is 12.8 Å². The van der Waals surface area contributed by atoms with E-state index in [0.717, 1.165) is 22.9 Å². The molecular weight excluding hydrogens is 282 g/mol. The van der Waals surface area contributed by atoms with Gasteiger partial charge >= 0.3 is 0 Å². The summed E-state index contributed by atoms with van der Waals surface area (Å²) in [6.45, 7) is 1.94. The van der Waals surface area contributed by atoms with Crippen LogP contribution in [0.2, 0.25) is 0 Å². The maximum absolute atomic E-state index is 5.57. The molecule has 0 amide bonds. The van der Waals surface area contributed by atoms with Gasteiger partial charge < -0.3 is 4.74 Å². The van der Waals surface area contributed by atoms with Crippen LogP contribution < -0.4 is 4.74 Å². The van der Waals surface area contributed by atoms with Crippen LogP contribution in [-0.2, 0) is 0 Å². The molecule has 2 aromatic carbocycles. The fraction of sp³-hybridized carbons (Fsp3) is 0.125. The number of rotatable bonds is 3. The lowest BCUT2D eigenvalue weighted by Gasteiger charge is -2.05. The SMILES string of the molecule is COc1ccc(-n2c(C)nn(-c3ccccc3)c2=S)cc1. The summed E-state index contributed by atoms with van der Waals surface area (Å²) in [5, 5.41) is 4.54. The second kappa shape index (κ2) is 5.54. The molecule has 1 aromatic heterocycles. The average Bonchev–Trinajstić information content (AvgIpc) is 2.83. The topological polar surface area (TPSA) is 32.0 Å². The fourth-order valence-electron chi connectivity index (χ4n) is 2.23. The highest BCUT2D eigenvalue weighted by molar-refractivity contribution is 7.71. The predicted molar refractivity (Wildman–Crippen MR) is 85.0 cm³/mol. The van der Waals surface area contributed by atoms with Gasteiger partial charge in [0.2, 0.25) is 4.77 Å². The molecule has 1 heterocycles. The maximum atomic E-state index is 5.57. The number of methoxy groups -OCH3 is 1. The van der Waals surface area contributed by atoms with Gasteiger partial charge in [-0.05, 0) is 55.5 Å². The Balaban J connectivity index is 2.12. The van der Waals surface area contributed by atoms with Gasteiger partial charge in [0, 0.05) is 5.69 Å². The van der Waals surface area contributed by atoms with Crippen LogP contribution in [0.25, 0.3) is 11.4 Å². The van der Waals surface area contributed by atoms with E-state index in [4.69, 9.17) is 17.0 Å². The van der Waals surface area contributed by atoms with E-state index in [0.29, 0.717) is 4.77 Å². The van der Waals surface area contributed by atoms with E-state index in [1.165, 1.54) is 0 Å². The van der Waals surface area contributed by atoms with Crippen molar-refractivity contribution < 1.29 is 4.74 Å². The van der Waals surface area contributed by atoms with Gasteiger partial charge in [-0.15, -0.1) is 0 Å². The summed E-state index contributed by atoms with van der Waals surface area (Å²) >= 11 is 5.57. The molecule has 0 atom stereocenters. The largest absolute Gasteiger partial charge is 0.497 e. The van der Waals surface area contributed by atoms with E-state index in [9.17, 15) is 0 Å². The summed E-state index contributed by atoms with van der Waals surface area (Å²) in [6.07, 6.45) is 0. The molecule has 21 heavy (non-hydrogen) atoms. The van der Waals surface area contributed by atoms with Crippen molar-refractivity contribution in [2.24, 2.45) is 0 Å². The number of hydrogen-bond donors (Lipinski definition) is 0. The molecule has 0 aliphatic carbocycles. The zero-order valence-corrected chi connectivity index (χ0v) is 12.7. The van der Waals surface area contributed by atoms with Crippen molar-refractivity contribution in [3.63, 3.8) is 0 Å². The maximum Gasteiger partial charge on any atom is 0.207 e. The minimum absolute atomic E-state index is 0.642. The Morgan fingerprint density at radius 2 is 1.62 bits per heavy atom. The highest BCUT2D eigenvalue weighted by atomic mass is 32.1. The molecule has 3 aromatic rings. The Hall–Kier alpha value is -2.40. The van der Waals surface area contributed by atoms with Crippen molar-refractivity contribution in [1.82, 2.24) is 14.3 Å². The minimum Gasteiger partial charge on any atom is -0.497 e. The molecular formula is C16H15N3OS. The lowest BCUT2D eigenvalue weighted by Crippen LogP contribution is -1.99. The molecule has 0 unspecified atom stereocenters. The predicted octanol–water partition coefficient (Wildman–Crippen LogP) is 3.71. The average molecular weight is 297 g/mol. The zero-order valence-electron chi connectivity index (χ0n) is 11.9. The van der Waals surface area contributed by atoms with Crippen LogP contribution in [-0.4, -0.2) is 21.5 Å². The molecule has 0 radical (unpaired) electrons. The third-order valence-corrected chi connectivity index (χ3v) is 3.63. The smallest absolute Gasteiger partial charge is 0.207 e. The van der Waals surface area contributed by atoms with Crippen LogP contribution in [0.15, 0.2) is 54.6 Å². The van der Waals surface area contributed by atoms with Crippen LogP contribution in [0.4, 0.5) is 0 Å². The molecule has 0 saturated heterocycles. The first kappa shape index (κ1) is 13.6. The molecule has 106 valence electrons. The number of benzene rings is 2. The van der Waals surface area contributed by atoms with Crippen molar-refractivity contribution in [2.75, 3.05) is 7.11 Å². The Labute approximate surface area is 128 Å². The van der Waals surface area contributed by atoms with E-state index in [-0.39, 0.29) is 0 Å². The van der Waals surface area contributed by atoms with Gasteiger partial charge in [-0.25, -0.2) is 4.68 Å². The minimum atomic E-state index is 0.642. The second-order valence-corrected chi connectivity index (χ2v) is 4.98. The summed E-state index contributed by atoms with van der Waals surface area (Å²) in [7, 11) is 1.65. The molecule has 3 rings (SSSR count). The van der Waals surface area contributed by atoms with Gasteiger partial charge in [-0.2, -0.15) is 5.10 Å². The normalized spacial score (nSPS) is 10.6. The quantitative estimate of drug-likeness (QED) is 0.691. The van der Waals surface area contributed by atoms with Crippen LogP contribution in [0, 0.1) is 11.7 Å². The van der Waals surface area contributed by atoms with Gasteiger partial charge in [0.25, 0.3) is 0 Å². The first-order chi connectivity index (χ1) is 10.2. The Morgan fingerprint density at radius 3 is 2.24 bits per heavy atom. The molecule has 0 N–H and O–H groups in total. The molecule has 0 spiro atoms. The van der Waals surface area contributed by atoms with Crippen molar-refractivity contribution in [3.05, 3.63) is 65.2 Å². The lowest BCUT2D eigenvalue weighted by molar-refractivity contribution is 0.414. The van der Waals surface area contributed by atoms with E-state index >= 15 is 0 Å². The van der Waals surface area contributed by atoms with Gasteiger partial charge in [0.15, 0.2) is 0 Å². The van der Waals surface area contributed by atoms with Crippen LogP contribution in [0.5, 0.6) is 5.75 Å². The molecule has 4 nitrogen and oxygen atoms in total. The van der Waals surface area contributed by atoms with E-state index < -0.39 is 0 Å². The van der Waals surface area contributed by atoms with Crippen LogP contribution in [0.3, 0.4) is 0 Å². The molecule has 0 bridgehead atoms. The number of hydrogen-bond acceptors (Lipinski definition) is 3. The highest BCUT2D eigenvalue weighted by Crippen LogP contribution is 2.18. The third kappa shape index (κ3) is 2.48. The number of aryl methyl sites for hydroxylation is 1. The van der Waals surface area contributed by atoms with E-state index in [1.54, 1.807) is 11.8 Å². The third-order valence-electron chi connectivity index (χ3n) is 3.27. The van der Waals surface area contributed by atoms with E-state index in [1.807, 2.05) is 66.1 Å². The van der Waals surface area contributed by atoms with Crippen molar-refractivity contribution >= 4 is 12.2 Å². The summed E-state index contributed by atoms with van der Waals surface area (Å²) < 4.78 is 9.55.